The summed E-state index contributed by atoms with van der Waals surface area (Å²) < 4.78 is 0. The SMILES string of the molecule is O=C1CCC/C(=N/NC(=O)c2ccc(Cl)cc2)C1. The summed E-state index contributed by atoms with van der Waals surface area (Å²) >= 11 is 5.73. The van der Waals surface area contributed by atoms with E-state index >= 15 is 0 Å². The number of hydrazone groups is 1. The highest BCUT2D eigenvalue weighted by Crippen LogP contribution is 2.12. The molecule has 2 rings (SSSR count). The largest absolute Gasteiger partial charge is 0.299 e. The lowest BCUT2D eigenvalue weighted by molar-refractivity contribution is -0.118. The number of Topliss-reactive ketones (excluding diaryl/α,β-unsaturated/α-hetero) is 1. The zero-order valence-electron chi connectivity index (χ0n) is 9.78. The summed E-state index contributed by atoms with van der Waals surface area (Å²) in [4.78, 5) is 23.0. The van der Waals surface area contributed by atoms with Gasteiger partial charge in [-0.25, -0.2) is 5.43 Å². The van der Waals surface area contributed by atoms with E-state index in [0.717, 1.165) is 18.6 Å². The lowest BCUT2D eigenvalue weighted by Crippen LogP contribution is -2.22. The van der Waals surface area contributed by atoms with Crippen molar-refractivity contribution in [1.82, 2.24) is 5.43 Å². The average Bonchev–Trinajstić information content (AvgIpc) is 2.37. The van der Waals surface area contributed by atoms with Crippen molar-refractivity contribution in [3.05, 3.63) is 34.9 Å². The third-order valence-electron chi connectivity index (χ3n) is 2.74. The lowest BCUT2D eigenvalue weighted by atomic mass is 9.97. The number of rotatable bonds is 2. The normalized spacial score (nSPS) is 17.8. The lowest BCUT2D eigenvalue weighted by Gasteiger charge is -2.11. The highest BCUT2D eigenvalue weighted by Gasteiger charge is 2.14. The Labute approximate surface area is 110 Å². The molecule has 1 fully saturated rings. The molecule has 4 nitrogen and oxygen atoms in total. The molecule has 0 unspecified atom stereocenters. The van der Waals surface area contributed by atoms with Gasteiger partial charge in [-0.15, -0.1) is 0 Å². The van der Waals surface area contributed by atoms with Crippen molar-refractivity contribution in [1.29, 1.82) is 0 Å². The van der Waals surface area contributed by atoms with Crippen molar-refractivity contribution in [3.63, 3.8) is 0 Å². The molecule has 1 N–H and O–H groups in total. The average molecular weight is 265 g/mol. The molecular weight excluding hydrogens is 252 g/mol. The minimum absolute atomic E-state index is 0.181. The van der Waals surface area contributed by atoms with E-state index in [2.05, 4.69) is 10.5 Å². The molecule has 0 atom stereocenters. The van der Waals surface area contributed by atoms with Crippen LogP contribution >= 0.6 is 11.6 Å². The summed E-state index contributed by atoms with van der Waals surface area (Å²) in [6, 6.07) is 6.55. The molecular formula is C13H13ClN2O2. The van der Waals surface area contributed by atoms with Gasteiger partial charge >= 0.3 is 0 Å². The maximum atomic E-state index is 11.7. The summed E-state index contributed by atoms with van der Waals surface area (Å²) in [5, 5.41) is 4.58. The van der Waals surface area contributed by atoms with Crippen LogP contribution in [0.25, 0.3) is 0 Å². The first kappa shape index (κ1) is 12.8. The molecule has 0 aromatic heterocycles. The Morgan fingerprint density at radius 1 is 1.22 bits per heavy atom. The quantitative estimate of drug-likeness (QED) is 0.835. The number of halogens is 1. The van der Waals surface area contributed by atoms with Crippen LogP contribution in [0.2, 0.25) is 5.02 Å². The van der Waals surface area contributed by atoms with Crippen LogP contribution in [-0.4, -0.2) is 17.4 Å². The van der Waals surface area contributed by atoms with Gasteiger partial charge in [0.05, 0.1) is 0 Å². The molecule has 18 heavy (non-hydrogen) atoms. The Morgan fingerprint density at radius 2 is 1.94 bits per heavy atom. The third kappa shape index (κ3) is 3.40. The van der Waals surface area contributed by atoms with E-state index in [4.69, 9.17) is 11.6 Å². The first-order valence-corrected chi connectivity index (χ1v) is 6.16. The maximum absolute atomic E-state index is 11.7. The molecule has 0 aliphatic heterocycles. The summed E-state index contributed by atoms with van der Waals surface area (Å²) in [5.41, 5.74) is 3.70. The molecule has 1 aromatic rings. The first-order chi connectivity index (χ1) is 8.65. The topological polar surface area (TPSA) is 58.5 Å². The van der Waals surface area contributed by atoms with Crippen LogP contribution in [0.1, 0.15) is 36.0 Å². The monoisotopic (exact) mass is 264 g/mol. The second-order valence-corrected chi connectivity index (χ2v) is 4.63. The van der Waals surface area contributed by atoms with Crippen molar-refractivity contribution in [3.8, 4) is 0 Å². The van der Waals surface area contributed by atoms with Gasteiger partial charge in [-0.05, 0) is 37.1 Å². The number of carbonyl (C=O) groups is 2. The van der Waals surface area contributed by atoms with Gasteiger partial charge in [-0.3, -0.25) is 9.59 Å². The fourth-order valence-electron chi connectivity index (χ4n) is 1.79. The van der Waals surface area contributed by atoms with Gasteiger partial charge in [0.15, 0.2) is 0 Å². The molecule has 1 amide bonds. The summed E-state index contributed by atoms with van der Waals surface area (Å²) in [6.45, 7) is 0. The highest BCUT2D eigenvalue weighted by atomic mass is 35.5. The van der Waals surface area contributed by atoms with Gasteiger partial charge < -0.3 is 0 Å². The molecule has 1 aliphatic rings. The Hall–Kier alpha value is -1.68. The number of hydrogen-bond donors (Lipinski definition) is 1. The maximum Gasteiger partial charge on any atom is 0.271 e. The van der Waals surface area contributed by atoms with Crippen LogP contribution in [0.5, 0.6) is 0 Å². The van der Waals surface area contributed by atoms with Gasteiger partial charge in [-0.1, -0.05) is 11.6 Å². The van der Waals surface area contributed by atoms with E-state index in [-0.39, 0.29) is 11.7 Å². The second-order valence-electron chi connectivity index (χ2n) is 4.19. The zero-order valence-corrected chi connectivity index (χ0v) is 10.5. The smallest absolute Gasteiger partial charge is 0.271 e. The second kappa shape index (κ2) is 5.78. The molecule has 1 aromatic carbocycles. The molecule has 0 bridgehead atoms. The number of carbonyl (C=O) groups excluding carboxylic acids is 2. The van der Waals surface area contributed by atoms with E-state index in [1.165, 1.54) is 0 Å². The van der Waals surface area contributed by atoms with Crippen LogP contribution in [0.4, 0.5) is 0 Å². The Balaban J connectivity index is 1.97. The predicted molar refractivity (Wildman–Crippen MR) is 69.8 cm³/mol. The number of benzene rings is 1. The zero-order chi connectivity index (χ0) is 13.0. The molecule has 1 saturated carbocycles. The van der Waals surface area contributed by atoms with Gasteiger partial charge in [0, 0.05) is 29.1 Å². The minimum atomic E-state index is -0.294. The van der Waals surface area contributed by atoms with E-state index < -0.39 is 0 Å². The molecule has 5 heteroatoms. The van der Waals surface area contributed by atoms with Gasteiger partial charge in [0.25, 0.3) is 5.91 Å². The van der Waals surface area contributed by atoms with Crippen LogP contribution in [0, 0.1) is 0 Å². The van der Waals surface area contributed by atoms with Crippen molar-refractivity contribution >= 4 is 29.0 Å². The number of hydrogen-bond acceptors (Lipinski definition) is 3. The van der Waals surface area contributed by atoms with Crippen LogP contribution in [0.3, 0.4) is 0 Å². The molecule has 0 heterocycles. The standard InChI is InChI=1S/C13H13ClN2O2/c14-10-6-4-9(5-7-10)13(18)16-15-11-2-1-3-12(17)8-11/h4-7H,1-3,8H2,(H,16,18)/b15-11-. The fourth-order valence-corrected chi connectivity index (χ4v) is 1.91. The molecule has 0 radical (unpaired) electrons. The number of nitrogens with one attached hydrogen (secondary N) is 1. The number of ketones is 1. The summed E-state index contributed by atoms with van der Waals surface area (Å²) in [6.07, 6.45) is 2.55. The fraction of sp³-hybridized carbons (Fsp3) is 0.308. The third-order valence-corrected chi connectivity index (χ3v) is 3.00. The number of amides is 1. The van der Waals surface area contributed by atoms with Crippen molar-refractivity contribution in [2.24, 2.45) is 5.10 Å². The molecule has 1 aliphatic carbocycles. The van der Waals surface area contributed by atoms with E-state index in [1.54, 1.807) is 24.3 Å². The molecule has 0 saturated heterocycles. The van der Waals surface area contributed by atoms with Crippen LogP contribution < -0.4 is 5.43 Å². The first-order valence-electron chi connectivity index (χ1n) is 5.78. The Bertz CT molecular complexity index is 494. The van der Waals surface area contributed by atoms with E-state index in [9.17, 15) is 9.59 Å². The number of nitrogens with zero attached hydrogens (tertiary/aromatic N) is 1. The predicted octanol–water partition coefficient (Wildman–Crippen LogP) is 2.57. The molecule has 0 spiro atoms. The van der Waals surface area contributed by atoms with Crippen molar-refractivity contribution in [2.45, 2.75) is 25.7 Å². The summed E-state index contributed by atoms with van der Waals surface area (Å²) in [5.74, 6) is -0.113. The van der Waals surface area contributed by atoms with Crippen LogP contribution in [-0.2, 0) is 4.79 Å². The van der Waals surface area contributed by atoms with Gasteiger partial charge in [-0.2, -0.15) is 5.10 Å². The van der Waals surface area contributed by atoms with Gasteiger partial charge in [0.2, 0.25) is 0 Å². The molecule has 94 valence electrons. The van der Waals surface area contributed by atoms with Crippen molar-refractivity contribution < 1.29 is 9.59 Å². The van der Waals surface area contributed by atoms with E-state index in [0.29, 0.717) is 23.4 Å². The van der Waals surface area contributed by atoms with Crippen molar-refractivity contribution in [2.75, 3.05) is 0 Å². The summed E-state index contributed by atoms with van der Waals surface area (Å²) in [7, 11) is 0. The van der Waals surface area contributed by atoms with E-state index in [1.807, 2.05) is 0 Å². The highest BCUT2D eigenvalue weighted by molar-refractivity contribution is 6.30. The van der Waals surface area contributed by atoms with Gasteiger partial charge in [0.1, 0.15) is 5.78 Å². The van der Waals surface area contributed by atoms with Crippen LogP contribution in [0.15, 0.2) is 29.4 Å². The minimum Gasteiger partial charge on any atom is -0.299 e. The Kier molecular flexibility index (Phi) is 4.10. The Morgan fingerprint density at radius 3 is 2.61 bits per heavy atom.